The van der Waals surface area contributed by atoms with E-state index in [-0.39, 0.29) is 18.8 Å². The first-order chi connectivity index (χ1) is 14.5. The van der Waals surface area contributed by atoms with Gasteiger partial charge in [0.1, 0.15) is 11.2 Å². The summed E-state index contributed by atoms with van der Waals surface area (Å²) < 4.78 is 15.0. The number of carbonyl (C=O) groups is 1. The number of nitrogens with zero attached hydrogens (tertiary/aromatic N) is 3. The molecule has 1 saturated heterocycles. The molecule has 1 aromatic heterocycles. The zero-order chi connectivity index (χ0) is 21.1. The summed E-state index contributed by atoms with van der Waals surface area (Å²) in [5.41, 5.74) is 1.33. The van der Waals surface area contributed by atoms with Gasteiger partial charge in [-0.05, 0) is 54.3 Å². The Morgan fingerprint density at radius 3 is 2.67 bits per heavy atom. The standard InChI is InChI=1S/C23H24FN3O3/c24-19-7-5-17(6-8-19)14-23(22(29)30)16-26(12-9-21(23)28)15-18-3-1-4-20(13-18)27-11-2-10-25-27/h1-8,10-11,13,21,28H,9,12,14-16H2,(H,29,30)/t21-,23+/m0/s1. The second-order valence-corrected chi connectivity index (χ2v) is 7.90. The van der Waals surface area contributed by atoms with Gasteiger partial charge in [-0.1, -0.05) is 24.3 Å². The van der Waals surface area contributed by atoms with Gasteiger partial charge in [-0.25, -0.2) is 9.07 Å². The predicted octanol–water partition coefficient (Wildman–Crippen LogP) is 2.89. The van der Waals surface area contributed by atoms with E-state index < -0.39 is 17.5 Å². The summed E-state index contributed by atoms with van der Waals surface area (Å²) in [6.45, 7) is 1.39. The number of carboxylic acid groups (broad SMARTS) is 1. The van der Waals surface area contributed by atoms with Crippen molar-refractivity contribution in [1.82, 2.24) is 14.7 Å². The Kier molecular flexibility index (Phi) is 5.65. The highest BCUT2D eigenvalue weighted by Gasteiger charge is 2.49. The van der Waals surface area contributed by atoms with Crippen molar-refractivity contribution in [2.24, 2.45) is 5.41 Å². The number of hydrogen-bond acceptors (Lipinski definition) is 4. The Hall–Kier alpha value is -3.03. The van der Waals surface area contributed by atoms with Crippen LogP contribution >= 0.6 is 0 Å². The number of rotatable bonds is 6. The zero-order valence-electron chi connectivity index (χ0n) is 16.5. The van der Waals surface area contributed by atoms with Crippen LogP contribution in [0.25, 0.3) is 5.69 Å². The van der Waals surface area contributed by atoms with Crippen LogP contribution in [0.2, 0.25) is 0 Å². The molecule has 3 aromatic rings. The van der Waals surface area contributed by atoms with Crippen molar-refractivity contribution >= 4 is 5.97 Å². The average Bonchev–Trinajstić information content (AvgIpc) is 3.27. The molecule has 0 radical (unpaired) electrons. The molecular weight excluding hydrogens is 385 g/mol. The molecule has 1 aliphatic heterocycles. The van der Waals surface area contributed by atoms with E-state index in [1.165, 1.54) is 12.1 Å². The normalized spacial score (nSPS) is 22.1. The van der Waals surface area contributed by atoms with E-state index in [9.17, 15) is 19.4 Å². The van der Waals surface area contributed by atoms with E-state index in [1.807, 2.05) is 36.5 Å². The van der Waals surface area contributed by atoms with E-state index in [0.29, 0.717) is 25.1 Å². The van der Waals surface area contributed by atoms with Crippen LogP contribution in [0.3, 0.4) is 0 Å². The lowest BCUT2D eigenvalue weighted by molar-refractivity contribution is -0.163. The molecule has 0 saturated carbocycles. The van der Waals surface area contributed by atoms with Gasteiger partial charge < -0.3 is 10.2 Å². The number of aliphatic hydroxyl groups excluding tert-OH is 1. The summed E-state index contributed by atoms with van der Waals surface area (Å²) >= 11 is 0. The lowest BCUT2D eigenvalue weighted by atomic mass is 9.72. The molecule has 1 aliphatic rings. The molecule has 0 unspecified atom stereocenters. The van der Waals surface area contributed by atoms with E-state index in [4.69, 9.17) is 0 Å². The van der Waals surface area contributed by atoms with Crippen LogP contribution in [0.1, 0.15) is 17.5 Å². The van der Waals surface area contributed by atoms with Gasteiger partial charge in [-0.15, -0.1) is 0 Å². The SMILES string of the molecule is O=C(O)[C@]1(Cc2ccc(F)cc2)CN(Cc2cccc(-n3cccn3)c2)CC[C@@H]1O. The second-order valence-electron chi connectivity index (χ2n) is 7.90. The van der Waals surface area contributed by atoms with Gasteiger partial charge in [0.2, 0.25) is 0 Å². The molecule has 0 bridgehead atoms. The molecule has 2 N–H and O–H groups in total. The number of aliphatic hydroxyl groups is 1. The van der Waals surface area contributed by atoms with Gasteiger partial charge in [0, 0.05) is 32.0 Å². The van der Waals surface area contributed by atoms with Gasteiger partial charge in [0.05, 0.1) is 11.8 Å². The molecule has 0 spiro atoms. The maximum atomic E-state index is 13.3. The molecule has 2 aromatic carbocycles. The summed E-state index contributed by atoms with van der Waals surface area (Å²) in [5, 5.41) is 25.0. The van der Waals surface area contributed by atoms with Gasteiger partial charge in [0.15, 0.2) is 0 Å². The zero-order valence-corrected chi connectivity index (χ0v) is 16.5. The molecule has 1 fully saturated rings. The van der Waals surface area contributed by atoms with Crippen LogP contribution in [-0.2, 0) is 17.8 Å². The number of aromatic nitrogens is 2. The molecule has 2 heterocycles. The molecule has 2 atom stereocenters. The Bertz CT molecular complexity index is 1010. The molecule has 0 aliphatic carbocycles. The molecule has 6 nitrogen and oxygen atoms in total. The highest BCUT2D eigenvalue weighted by atomic mass is 19.1. The number of halogens is 1. The minimum Gasteiger partial charge on any atom is -0.481 e. The minimum absolute atomic E-state index is 0.146. The maximum absolute atomic E-state index is 13.3. The van der Waals surface area contributed by atoms with E-state index in [2.05, 4.69) is 10.00 Å². The van der Waals surface area contributed by atoms with Crippen LogP contribution in [0.5, 0.6) is 0 Å². The minimum atomic E-state index is -1.34. The number of benzene rings is 2. The Morgan fingerprint density at radius 1 is 1.17 bits per heavy atom. The van der Waals surface area contributed by atoms with Crippen molar-refractivity contribution in [2.45, 2.75) is 25.5 Å². The van der Waals surface area contributed by atoms with E-state index in [0.717, 1.165) is 11.3 Å². The molecule has 156 valence electrons. The summed E-state index contributed by atoms with van der Waals surface area (Å²) in [6.07, 6.45) is 3.14. The van der Waals surface area contributed by atoms with Gasteiger partial charge in [0.25, 0.3) is 0 Å². The number of hydrogen-bond donors (Lipinski definition) is 2. The molecule has 30 heavy (non-hydrogen) atoms. The first-order valence-electron chi connectivity index (χ1n) is 9.93. The largest absolute Gasteiger partial charge is 0.481 e. The van der Waals surface area contributed by atoms with Crippen LogP contribution in [0, 0.1) is 11.2 Å². The summed E-state index contributed by atoms with van der Waals surface area (Å²) in [5.74, 6) is -1.40. The molecular formula is C23H24FN3O3. The van der Waals surface area contributed by atoms with E-state index >= 15 is 0 Å². The molecule has 0 amide bonds. The third-order valence-corrected chi connectivity index (χ3v) is 5.81. The number of carboxylic acids is 1. The fourth-order valence-corrected chi connectivity index (χ4v) is 4.20. The smallest absolute Gasteiger partial charge is 0.313 e. The third-order valence-electron chi connectivity index (χ3n) is 5.81. The lowest BCUT2D eigenvalue weighted by Crippen LogP contribution is -2.56. The van der Waals surface area contributed by atoms with Gasteiger partial charge in [-0.3, -0.25) is 9.69 Å². The van der Waals surface area contributed by atoms with Crippen LogP contribution in [0.15, 0.2) is 67.0 Å². The fourth-order valence-electron chi connectivity index (χ4n) is 4.20. The summed E-state index contributed by atoms with van der Waals surface area (Å²) in [4.78, 5) is 14.4. The first-order valence-corrected chi connectivity index (χ1v) is 9.93. The monoisotopic (exact) mass is 409 g/mol. The Labute approximate surface area is 174 Å². The second kappa shape index (κ2) is 8.38. The van der Waals surface area contributed by atoms with Crippen LogP contribution < -0.4 is 0 Å². The topological polar surface area (TPSA) is 78.6 Å². The van der Waals surface area contributed by atoms with Crippen molar-refractivity contribution in [3.8, 4) is 5.69 Å². The summed E-state index contributed by atoms with van der Waals surface area (Å²) in [6, 6.07) is 15.6. The quantitative estimate of drug-likeness (QED) is 0.655. The van der Waals surface area contributed by atoms with Crippen molar-refractivity contribution in [1.29, 1.82) is 0 Å². The van der Waals surface area contributed by atoms with Crippen molar-refractivity contribution < 1.29 is 19.4 Å². The predicted molar refractivity (Wildman–Crippen MR) is 110 cm³/mol. The van der Waals surface area contributed by atoms with E-state index in [1.54, 1.807) is 23.0 Å². The number of aliphatic carboxylic acids is 1. The molecule has 7 heteroatoms. The molecule has 4 rings (SSSR count). The number of likely N-dealkylation sites (tertiary alicyclic amines) is 1. The third kappa shape index (κ3) is 4.13. The highest BCUT2D eigenvalue weighted by Crippen LogP contribution is 2.35. The van der Waals surface area contributed by atoms with Crippen molar-refractivity contribution in [3.05, 3.63) is 83.9 Å². The van der Waals surface area contributed by atoms with Gasteiger partial charge >= 0.3 is 5.97 Å². The Morgan fingerprint density at radius 2 is 1.97 bits per heavy atom. The average molecular weight is 409 g/mol. The maximum Gasteiger partial charge on any atom is 0.313 e. The Balaban J connectivity index is 1.55. The van der Waals surface area contributed by atoms with Gasteiger partial charge in [-0.2, -0.15) is 5.10 Å². The fraction of sp³-hybridized carbons (Fsp3) is 0.304. The van der Waals surface area contributed by atoms with Crippen LogP contribution in [-0.4, -0.2) is 50.1 Å². The lowest BCUT2D eigenvalue weighted by Gasteiger charge is -2.43. The first kappa shape index (κ1) is 20.3. The van der Waals surface area contributed by atoms with Crippen LogP contribution in [0.4, 0.5) is 4.39 Å². The highest BCUT2D eigenvalue weighted by molar-refractivity contribution is 5.76. The van der Waals surface area contributed by atoms with Crippen molar-refractivity contribution in [3.63, 3.8) is 0 Å². The van der Waals surface area contributed by atoms with Crippen molar-refractivity contribution in [2.75, 3.05) is 13.1 Å². The number of piperidine rings is 1. The summed E-state index contributed by atoms with van der Waals surface area (Å²) in [7, 11) is 0.